The molecule has 0 fully saturated rings. The highest BCUT2D eigenvalue weighted by molar-refractivity contribution is 5.17. The summed E-state index contributed by atoms with van der Waals surface area (Å²) in [6.07, 6.45) is 5.41. The van der Waals surface area contributed by atoms with E-state index in [1.165, 1.54) is 0 Å². The van der Waals surface area contributed by atoms with Crippen LogP contribution >= 0.6 is 0 Å². The van der Waals surface area contributed by atoms with Gasteiger partial charge in [-0.3, -0.25) is 0 Å². The predicted octanol–water partition coefficient (Wildman–Crippen LogP) is 1.05. The Morgan fingerprint density at radius 2 is 2.07 bits per heavy atom. The van der Waals surface area contributed by atoms with Crippen LogP contribution in [0.3, 0.4) is 0 Å². The molecular formula is C12H15N2O+. The maximum absolute atomic E-state index is 9.95. The van der Waals surface area contributed by atoms with E-state index in [-0.39, 0.29) is 0 Å². The SMILES string of the molecule is C[n+]1ccn(C[C@H](O)c2ccccc2)c1. The first kappa shape index (κ1) is 9.93. The van der Waals surface area contributed by atoms with Gasteiger partial charge in [0.1, 0.15) is 25.0 Å². The summed E-state index contributed by atoms with van der Waals surface area (Å²) in [6.45, 7) is 0.588. The average molecular weight is 203 g/mol. The van der Waals surface area contributed by atoms with Gasteiger partial charge in [-0.25, -0.2) is 9.13 Å². The molecule has 78 valence electrons. The topological polar surface area (TPSA) is 29.0 Å². The maximum atomic E-state index is 9.95. The lowest BCUT2D eigenvalue weighted by atomic mass is 10.1. The van der Waals surface area contributed by atoms with Gasteiger partial charge in [0.15, 0.2) is 0 Å². The van der Waals surface area contributed by atoms with Crippen LogP contribution in [0.4, 0.5) is 0 Å². The molecule has 1 atom stereocenters. The molecule has 1 aromatic carbocycles. The number of aromatic nitrogens is 2. The fraction of sp³-hybridized carbons (Fsp3) is 0.250. The zero-order chi connectivity index (χ0) is 10.7. The van der Waals surface area contributed by atoms with Crippen molar-refractivity contribution in [3.05, 3.63) is 54.6 Å². The number of hydrogen-bond acceptors (Lipinski definition) is 1. The van der Waals surface area contributed by atoms with Gasteiger partial charge in [0.2, 0.25) is 6.33 Å². The van der Waals surface area contributed by atoms with Crippen molar-refractivity contribution >= 4 is 0 Å². The highest BCUT2D eigenvalue weighted by Crippen LogP contribution is 2.13. The summed E-state index contributed by atoms with van der Waals surface area (Å²) >= 11 is 0. The van der Waals surface area contributed by atoms with Gasteiger partial charge in [-0.05, 0) is 5.56 Å². The van der Waals surface area contributed by atoms with Gasteiger partial charge in [0, 0.05) is 0 Å². The van der Waals surface area contributed by atoms with E-state index in [1.54, 1.807) is 0 Å². The third-order valence-corrected chi connectivity index (χ3v) is 2.39. The molecule has 2 rings (SSSR count). The first-order valence-corrected chi connectivity index (χ1v) is 5.00. The predicted molar refractivity (Wildman–Crippen MR) is 57.0 cm³/mol. The van der Waals surface area contributed by atoms with Crippen LogP contribution in [0.15, 0.2) is 49.1 Å². The normalized spacial score (nSPS) is 12.7. The van der Waals surface area contributed by atoms with Crippen LogP contribution in [-0.2, 0) is 13.6 Å². The summed E-state index contributed by atoms with van der Waals surface area (Å²) in [4.78, 5) is 0. The second kappa shape index (κ2) is 4.28. The van der Waals surface area contributed by atoms with E-state index in [1.807, 2.05) is 65.2 Å². The minimum absolute atomic E-state index is 0.446. The zero-order valence-corrected chi connectivity index (χ0v) is 8.74. The zero-order valence-electron chi connectivity index (χ0n) is 8.74. The van der Waals surface area contributed by atoms with Crippen LogP contribution in [0.2, 0.25) is 0 Å². The Morgan fingerprint density at radius 3 is 2.67 bits per heavy atom. The molecule has 2 aromatic rings. The smallest absolute Gasteiger partial charge is 0.243 e. The average Bonchev–Trinajstić information content (AvgIpc) is 2.65. The molecule has 0 bridgehead atoms. The summed E-state index contributed by atoms with van der Waals surface area (Å²) in [5.74, 6) is 0. The van der Waals surface area contributed by atoms with Crippen molar-refractivity contribution in [1.82, 2.24) is 4.57 Å². The second-order valence-corrected chi connectivity index (χ2v) is 3.70. The minimum atomic E-state index is -0.446. The number of benzene rings is 1. The van der Waals surface area contributed by atoms with Crippen molar-refractivity contribution in [2.45, 2.75) is 12.6 Å². The molecule has 15 heavy (non-hydrogen) atoms. The minimum Gasteiger partial charge on any atom is -0.384 e. The van der Waals surface area contributed by atoms with Crippen LogP contribution in [0.25, 0.3) is 0 Å². The molecule has 0 radical (unpaired) electrons. The largest absolute Gasteiger partial charge is 0.384 e. The molecule has 0 unspecified atom stereocenters. The number of nitrogens with zero attached hydrogens (tertiary/aromatic N) is 2. The Bertz CT molecular complexity index is 422. The van der Waals surface area contributed by atoms with Crippen LogP contribution in [0.5, 0.6) is 0 Å². The van der Waals surface area contributed by atoms with E-state index in [0.29, 0.717) is 6.54 Å². The number of imidazole rings is 1. The van der Waals surface area contributed by atoms with E-state index in [2.05, 4.69) is 0 Å². The van der Waals surface area contributed by atoms with Crippen LogP contribution in [0.1, 0.15) is 11.7 Å². The second-order valence-electron chi connectivity index (χ2n) is 3.70. The molecule has 0 amide bonds. The summed E-state index contributed by atoms with van der Waals surface area (Å²) in [6, 6.07) is 9.70. The highest BCUT2D eigenvalue weighted by Gasteiger charge is 2.10. The van der Waals surface area contributed by atoms with E-state index < -0.39 is 6.10 Å². The number of aliphatic hydroxyl groups excluding tert-OH is 1. The number of aryl methyl sites for hydroxylation is 1. The molecule has 0 aliphatic rings. The lowest BCUT2D eigenvalue weighted by Crippen LogP contribution is -2.24. The van der Waals surface area contributed by atoms with Gasteiger partial charge >= 0.3 is 0 Å². The van der Waals surface area contributed by atoms with Gasteiger partial charge in [-0.1, -0.05) is 30.3 Å². The Labute approximate surface area is 89.2 Å². The van der Waals surface area contributed by atoms with Gasteiger partial charge in [0.25, 0.3) is 0 Å². The van der Waals surface area contributed by atoms with Gasteiger partial charge in [0.05, 0.1) is 7.05 Å². The monoisotopic (exact) mass is 203 g/mol. The summed E-state index contributed by atoms with van der Waals surface area (Å²) in [5, 5.41) is 9.95. The standard InChI is InChI=1S/C12H15N2O/c1-13-7-8-14(10-13)9-12(15)11-5-3-2-4-6-11/h2-8,10,12,15H,9H2,1H3/q+1/t12-/m0/s1. The number of rotatable bonds is 3. The molecular weight excluding hydrogens is 188 g/mol. The van der Waals surface area contributed by atoms with Crippen LogP contribution in [0, 0.1) is 0 Å². The Kier molecular flexibility index (Phi) is 2.83. The van der Waals surface area contributed by atoms with Crippen molar-refractivity contribution < 1.29 is 9.67 Å². The molecule has 1 aromatic heterocycles. The molecule has 3 heteroatoms. The van der Waals surface area contributed by atoms with Crippen molar-refractivity contribution in [1.29, 1.82) is 0 Å². The third-order valence-electron chi connectivity index (χ3n) is 2.39. The fourth-order valence-corrected chi connectivity index (χ4v) is 1.59. The Hall–Kier alpha value is -1.61. The first-order valence-electron chi connectivity index (χ1n) is 5.00. The Balaban J connectivity index is 2.07. The molecule has 0 aliphatic carbocycles. The van der Waals surface area contributed by atoms with Gasteiger partial charge < -0.3 is 5.11 Å². The van der Waals surface area contributed by atoms with Crippen molar-refractivity contribution in [2.24, 2.45) is 7.05 Å². The summed E-state index contributed by atoms with van der Waals surface area (Å²) in [5.41, 5.74) is 0.953. The molecule has 0 saturated heterocycles. The number of hydrogen-bond donors (Lipinski definition) is 1. The molecule has 3 nitrogen and oxygen atoms in total. The molecule has 1 heterocycles. The van der Waals surface area contributed by atoms with E-state index in [9.17, 15) is 5.11 Å². The van der Waals surface area contributed by atoms with Crippen molar-refractivity contribution in [3.63, 3.8) is 0 Å². The molecule has 1 N–H and O–H groups in total. The highest BCUT2D eigenvalue weighted by atomic mass is 16.3. The first-order chi connectivity index (χ1) is 7.25. The van der Waals surface area contributed by atoms with E-state index in [0.717, 1.165) is 5.56 Å². The lowest BCUT2D eigenvalue weighted by molar-refractivity contribution is -0.671. The van der Waals surface area contributed by atoms with Gasteiger partial charge in [-0.2, -0.15) is 0 Å². The van der Waals surface area contributed by atoms with Crippen LogP contribution < -0.4 is 4.57 Å². The maximum Gasteiger partial charge on any atom is 0.243 e. The van der Waals surface area contributed by atoms with Gasteiger partial charge in [-0.15, -0.1) is 0 Å². The van der Waals surface area contributed by atoms with Crippen molar-refractivity contribution in [3.8, 4) is 0 Å². The van der Waals surface area contributed by atoms with E-state index in [4.69, 9.17) is 0 Å². The number of aliphatic hydroxyl groups is 1. The summed E-state index contributed by atoms with van der Waals surface area (Å²) in [7, 11) is 1.96. The Morgan fingerprint density at radius 1 is 1.33 bits per heavy atom. The summed E-state index contributed by atoms with van der Waals surface area (Å²) < 4.78 is 3.93. The van der Waals surface area contributed by atoms with E-state index >= 15 is 0 Å². The fourth-order valence-electron chi connectivity index (χ4n) is 1.59. The lowest BCUT2D eigenvalue weighted by Gasteiger charge is -2.07. The quantitative estimate of drug-likeness (QED) is 0.742. The third kappa shape index (κ3) is 2.44. The van der Waals surface area contributed by atoms with Crippen LogP contribution in [-0.4, -0.2) is 9.67 Å². The molecule has 0 saturated carbocycles. The van der Waals surface area contributed by atoms with Crippen molar-refractivity contribution in [2.75, 3.05) is 0 Å². The molecule has 0 aliphatic heterocycles. The molecule has 0 spiro atoms.